The van der Waals surface area contributed by atoms with Crippen LogP contribution in [-0.2, 0) is 4.79 Å². The van der Waals surface area contributed by atoms with E-state index >= 15 is 0 Å². The van der Waals surface area contributed by atoms with Gasteiger partial charge in [-0.25, -0.2) is 5.43 Å². The van der Waals surface area contributed by atoms with Crippen LogP contribution in [0.4, 0.5) is 11.4 Å². The number of nitro benzene ring substituents is 1. The molecule has 0 heterocycles. The van der Waals surface area contributed by atoms with Crippen molar-refractivity contribution >= 4 is 23.5 Å². The quantitative estimate of drug-likeness (QED) is 0.441. The van der Waals surface area contributed by atoms with Gasteiger partial charge in [0.25, 0.3) is 5.69 Å². The van der Waals surface area contributed by atoms with Crippen molar-refractivity contribution in [2.45, 2.75) is 12.8 Å². The summed E-state index contributed by atoms with van der Waals surface area (Å²) in [6.07, 6.45) is 1.89. The number of nitrogens with one attached hydrogen (secondary N) is 1. The van der Waals surface area contributed by atoms with E-state index in [0.29, 0.717) is 12.0 Å². The van der Waals surface area contributed by atoms with Crippen LogP contribution in [0.1, 0.15) is 18.4 Å². The number of nitro groups is 1. The molecule has 0 aliphatic carbocycles. The van der Waals surface area contributed by atoms with Gasteiger partial charge in [0.2, 0.25) is 5.91 Å². The third-order valence-electron chi connectivity index (χ3n) is 2.66. The van der Waals surface area contributed by atoms with E-state index in [0.717, 1.165) is 5.69 Å². The molecular weight excluding hydrogens is 276 g/mol. The molecular formula is C13H18N4O4. The number of carbonyl (C=O) groups is 1. The van der Waals surface area contributed by atoms with Crippen molar-refractivity contribution in [2.75, 3.05) is 25.6 Å². The third-order valence-corrected chi connectivity index (χ3v) is 2.66. The van der Waals surface area contributed by atoms with E-state index in [1.165, 1.54) is 18.3 Å². The number of anilines is 1. The van der Waals surface area contributed by atoms with Gasteiger partial charge >= 0.3 is 0 Å². The predicted molar refractivity (Wildman–Crippen MR) is 79.5 cm³/mol. The molecule has 0 atom stereocenters. The lowest BCUT2D eigenvalue weighted by Crippen LogP contribution is -2.18. The van der Waals surface area contributed by atoms with Gasteiger partial charge in [0.05, 0.1) is 11.1 Å². The zero-order valence-corrected chi connectivity index (χ0v) is 11.9. The Bertz CT molecular complexity index is 543. The van der Waals surface area contributed by atoms with Crippen LogP contribution in [-0.4, -0.2) is 42.9 Å². The van der Waals surface area contributed by atoms with Crippen molar-refractivity contribution in [3.63, 3.8) is 0 Å². The summed E-state index contributed by atoms with van der Waals surface area (Å²) >= 11 is 0. The number of hydrazone groups is 1. The minimum atomic E-state index is -0.489. The van der Waals surface area contributed by atoms with Gasteiger partial charge in [-0.05, 0) is 12.5 Å². The van der Waals surface area contributed by atoms with Crippen LogP contribution in [0.5, 0.6) is 0 Å². The monoisotopic (exact) mass is 294 g/mol. The van der Waals surface area contributed by atoms with Gasteiger partial charge in [0.15, 0.2) is 0 Å². The molecule has 0 aliphatic rings. The summed E-state index contributed by atoms with van der Waals surface area (Å²) in [5.41, 5.74) is 3.53. The van der Waals surface area contributed by atoms with E-state index in [4.69, 9.17) is 5.11 Å². The topological polar surface area (TPSA) is 108 Å². The fourth-order valence-electron chi connectivity index (χ4n) is 1.64. The van der Waals surface area contributed by atoms with Crippen LogP contribution in [0.25, 0.3) is 0 Å². The second-order valence-corrected chi connectivity index (χ2v) is 4.51. The zero-order valence-electron chi connectivity index (χ0n) is 11.9. The van der Waals surface area contributed by atoms with Crippen molar-refractivity contribution in [1.29, 1.82) is 0 Å². The molecule has 0 radical (unpaired) electrons. The molecule has 0 saturated heterocycles. The largest absolute Gasteiger partial charge is 0.396 e. The minimum Gasteiger partial charge on any atom is -0.396 e. The molecule has 0 fully saturated rings. The van der Waals surface area contributed by atoms with Crippen LogP contribution in [0.2, 0.25) is 0 Å². The lowest BCUT2D eigenvalue weighted by Gasteiger charge is -2.14. The summed E-state index contributed by atoms with van der Waals surface area (Å²) < 4.78 is 0. The fourth-order valence-corrected chi connectivity index (χ4v) is 1.64. The molecule has 1 amide bonds. The molecule has 21 heavy (non-hydrogen) atoms. The molecule has 2 N–H and O–H groups in total. The summed E-state index contributed by atoms with van der Waals surface area (Å²) in [6, 6.07) is 4.41. The Balaban J connectivity index is 2.86. The van der Waals surface area contributed by atoms with E-state index in [1.54, 1.807) is 25.1 Å². The second-order valence-electron chi connectivity index (χ2n) is 4.51. The molecule has 0 aromatic heterocycles. The van der Waals surface area contributed by atoms with Crippen LogP contribution >= 0.6 is 0 Å². The predicted octanol–water partition coefficient (Wildman–Crippen LogP) is 0.883. The average Bonchev–Trinajstić information content (AvgIpc) is 2.44. The van der Waals surface area contributed by atoms with Crippen molar-refractivity contribution < 1.29 is 14.8 Å². The number of hydrogen-bond acceptors (Lipinski definition) is 6. The average molecular weight is 294 g/mol. The lowest BCUT2D eigenvalue weighted by molar-refractivity contribution is -0.384. The van der Waals surface area contributed by atoms with Gasteiger partial charge < -0.3 is 10.0 Å². The smallest absolute Gasteiger partial charge is 0.270 e. The van der Waals surface area contributed by atoms with E-state index in [9.17, 15) is 14.9 Å². The normalized spacial score (nSPS) is 10.6. The fraction of sp³-hybridized carbons (Fsp3) is 0.385. The van der Waals surface area contributed by atoms with Crippen molar-refractivity contribution in [3.8, 4) is 0 Å². The van der Waals surface area contributed by atoms with Gasteiger partial charge in [0.1, 0.15) is 0 Å². The third kappa shape index (κ3) is 5.19. The van der Waals surface area contributed by atoms with Crippen LogP contribution in [0.3, 0.4) is 0 Å². The van der Waals surface area contributed by atoms with E-state index < -0.39 is 4.92 Å². The van der Waals surface area contributed by atoms with Gasteiger partial charge in [-0.2, -0.15) is 5.10 Å². The molecule has 0 saturated carbocycles. The molecule has 8 heteroatoms. The first-order chi connectivity index (χ1) is 9.95. The molecule has 1 aromatic carbocycles. The highest BCUT2D eigenvalue weighted by molar-refractivity contribution is 5.90. The number of hydrogen-bond donors (Lipinski definition) is 2. The molecule has 8 nitrogen and oxygen atoms in total. The van der Waals surface area contributed by atoms with Crippen molar-refractivity contribution in [1.82, 2.24) is 5.43 Å². The van der Waals surface area contributed by atoms with Crippen molar-refractivity contribution in [3.05, 3.63) is 33.9 Å². The summed E-state index contributed by atoms with van der Waals surface area (Å²) in [7, 11) is 3.61. The van der Waals surface area contributed by atoms with Crippen LogP contribution in [0.15, 0.2) is 23.3 Å². The Morgan fingerprint density at radius 2 is 2.24 bits per heavy atom. The number of nitrogens with zero attached hydrogens (tertiary/aromatic N) is 3. The maximum Gasteiger partial charge on any atom is 0.270 e. The summed E-state index contributed by atoms with van der Waals surface area (Å²) in [5, 5.41) is 23.2. The molecule has 1 rings (SSSR count). The minimum absolute atomic E-state index is 0.0475. The van der Waals surface area contributed by atoms with Gasteiger partial charge in [-0.15, -0.1) is 0 Å². The van der Waals surface area contributed by atoms with Gasteiger partial charge in [0, 0.05) is 50.5 Å². The Hall–Kier alpha value is -2.48. The maximum atomic E-state index is 11.3. The van der Waals surface area contributed by atoms with Crippen LogP contribution < -0.4 is 10.3 Å². The second kappa shape index (κ2) is 7.95. The Labute approximate surface area is 122 Å². The summed E-state index contributed by atoms with van der Waals surface area (Å²) in [4.78, 5) is 23.4. The van der Waals surface area contributed by atoms with Gasteiger partial charge in [-0.3, -0.25) is 14.9 Å². The van der Waals surface area contributed by atoms with E-state index in [2.05, 4.69) is 10.5 Å². The number of aliphatic hydroxyl groups is 1. The number of amides is 1. The number of benzene rings is 1. The van der Waals surface area contributed by atoms with E-state index in [1.807, 2.05) is 0 Å². The molecule has 0 bridgehead atoms. The Morgan fingerprint density at radius 1 is 1.52 bits per heavy atom. The molecule has 0 unspecified atom stereocenters. The Morgan fingerprint density at radius 3 is 2.81 bits per heavy atom. The van der Waals surface area contributed by atoms with Crippen LogP contribution in [0, 0.1) is 10.1 Å². The summed E-state index contributed by atoms with van der Waals surface area (Å²) in [6.45, 7) is -0.0627. The molecule has 0 spiro atoms. The standard InChI is InChI=1S/C13H18N4O4/c1-16(2)12-6-5-11(17(20)21)8-10(12)9-14-15-13(19)4-3-7-18/h5-6,8-9,18H,3-4,7H2,1-2H3,(H,15,19). The summed E-state index contributed by atoms with van der Waals surface area (Å²) in [5.74, 6) is -0.322. The first-order valence-corrected chi connectivity index (χ1v) is 6.34. The highest BCUT2D eigenvalue weighted by Gasteiger charge is 2.10. The number of carbonyl (C=O) groups excluding carboxylic acids is 1. The first-order valence-electron chi connectivity index (χ1n) is 6.34. The number of aliphatic hydroxyl groups excluding tert-OH is 1. The molecule has 1 aromatic rings. The maximum absolute atomic E-state index is 11.3. The van der Waals surface area contributed by atoms with E-state index in [-0.39, 0.29) is 24.6 Å². The zero-order chi connectivity index (χ0) is 15.8. The van der Waals surface area contributed by atoms with Crippen molar-refractivity contribution in [2.24, 2.45) is 5.10 Å². The highest BCUT2D eigenvalue weighted by atomic mass is 16.6. The number of rotatable bonds is 7. The molecule has 0 aliphatic heterocycles. The highest BCUT2D eigenvalue weighted by Crippen LogP contribution is 2.22. The number of non-ortho nitro benzene ring substituents is 1. The Kier molecular flexibility index (Phi) is 6.28. The van der Waals surface area contributed by atoms with Gasteiger partial charge in [-0.1, -0.05) is 0 Å². The molecule has 114 valence electrons. The lowest BCUT2D eigenvalue weighted by atomic mass is 10.1. The first kappa shape index (κ1) is 16.6. The SMILES string of the molecule is CN(C)c1ccc([N+](=O)[O-])cc1C=NNC(=O)CCCO.